The van der Waals surface area contributed by atoms with Crippen molar-refractivity contribution in [3.8, 4) is 0 Å². The van der Waals surface area contributed by atoms with Crippen molar-refractivity contribution in [2.75, 3.05) is 0 Å². The molecule has 0 spiro atoms. The highest BCUT2D eigenvalue weighted by atomic mass is 28.3. The summed E-state index contributed by atoms with van der Waals surface area (Å²) in [5.74, 6) is 0. The molecule has 3 rings (SSSR count). The summed E-state index contributed by atoms with van der Waals surface area (Å²) < 4.78 is 0. The standard InChI is InChI=1S/C19H19Si/c1-3-9-17(10-4-1)15-20(19-13-7-8-14-19)16-18-11-5-2-6-12-18/h1-7,9-14H,8,15-16H2. The third-order valence-corrected chi connectivity index (χ3v) is 6.56. The average Bonchev–Trinajstić information content (AvgIpc) is 3.03. The molecule has 0 fully saturated rings. The van der Waals surface area contributed by atoms with Gasteiger partial charge in [0.2, 0.25) is 0 Å². The lowest BCUT2D eigenvalue weighted by Crippen LogP contribution is -2.23. The fourth-order valence-electron chi connectivity index (χ4n) is 2.67. The Morgan fingerprint density at radius 1 is 0.750 bits per heavy atom. The molecule has 1 aliphatic carbocycles. The van der Waals surface area contributed by atoms with Crippen LogP contribution in [0.4, 0.5) is 0 Å². The molecule has 2 aromatic rings. The fourth-order valence-corrected chi connectivity index (χ4v) is 5.42. The SMILES string of the molecule is C1=CC([Si](Cc2ccccc2)Cc2ccccc2)=CC1. The minimum absolute atomic E-state index is 0.553. The van der Waals surface area contributed by atoms with E-state index in [1.54, 1.807) is 5.20 Å². The molecule has 0 amide bonds. The molecule has 1 heteroatoms. The molecular weight excluding hydrogens is 256 g/mol. The third-order valence-electron chi connectivity index (χ3n) is 3.70. The van der Waals surface area contributed by atoms with Gasteiger partial charge in [-0.3, -0.25) is 0 Å². The van der Waals surface area contributed by atoms with Crippen molar-refractivity contribution in [3.05, 3.63) is 95.2 Å². The Kier molecular flexibility index (Phi) is 4.29. The lowest BCUT2D eigenvalue weighted by molar-refractivity contribution is 1.26. The Morgan fingerprint density at radius 3 is 1.75 bits per heavy atom. The van der Waals surface area contributed by atoms with Gasteiger partial charge in [0.25, 0.3) is 0 Å². The van der Waals surface area contributed by atoms with Crippen LogP contribution >= 0.6 is 0 Å². The van der Waals surface area contributed by atoms with Gasteiger partial charge in [0.05, 0.1) is 8.80 Å². The second-order valence-electron chi connectivity index (χ2n) is 5.23. The van der Waals surface area contributed by atoms with Gasteiger partial charge in [0, 0.05) is 0 Å². The summed E-state index contributed by atoms with van der Waals surface area (Å²) in [6.45, 7) is 0. The smallest absolute Gasteiger partial charge is 0.0817 e. The molecule has 20 heavy (non-hydrogen) atoms. The Balaban J connectivity index is 1.79. The van der Waals surface area contributed by atoms with E-state index in [4.69, 9.17) is 0 Å². The maximum absolute atomic E-state index is 2.42. The Labute approximate surface area is 123 Å². The lowest BCUT2D eigenvalue weighted by atomic mass is 10.2. The molecule has 0 heterocycles. The van der Waals surface area contributed by atoms with Crippen LogP contribution in [0.2, 0.25) is 0 Å². The van der Waals surface area contributed by atoms with Gasteiger partial charge in [-0.1, -0.05) is 95.2 Å². The molecule has 0 atom stereocenters. The summed E-state index contributed by atoms with van der Waals surface area (Å²) in [6.07, 6.45) is 8.17. The molecule has 0 saturated carbocycles. The highest BCUT2D eigenvalue weighted by Crippen LogP contribution is 2.19. The molecular formula is C19H19Si. The zero-order valence-electron chi connectivity index (χ0n) is 11.6. The van der Waals surface area contributed by atoms with Crippen molar-refractivity contribution in [2.45, 2.75) is 18.5 Å². The molecule has 99 valence electrons. The lowest BCUT2D eigenvalue weighted by Gasteiger charge is -2.16. The van der Waals surface area contributed by atoms with Crippen LogP contribution in [-0.2, 0) is 12.1 Å². The maximum Gasteiger partial charge on any atom is 0.0942 e. The van der Waals surface area contributed by atoms with Crippen LogP contribution in [0.5, 0.6) is 0 Å². The van der Waals surface area contributed by atoms with Gasteiger partial charge in [-0.2, -0.15) is 0 Å². The zero-order valence-corrected chi connectivity index (χ0v) is 12.6. The predicted molar refractivity (Wildman–Crippen MR) is 87.9 cm³/mol. The summed E-state index contributed by atoms with van der Waals surface area (Å²) in [7, 11) is -0.553. The van der Waals surface area contributed by atoms with Crippen LogP contribution in [-0.4, -0.2) is 8.80 Å². The van der Waals surface area contributed by atoms with Crippen LogP contribution in [0.3, 0.4) is 0 Å². The van der Waals surface area contributed by atoms with E-state index >= 15 is 0 Å². The first-order valence-electron chi connectivity index (χ1n) is 7.21. The number of benzene rings is 2. The van der Waals surface area contributed by atoms with Crippen LogP contribution in [0.15, 0.2) is 84.1 Å². The topological polar surface area (TPSA) is 0 Å². The minimum atomic E-state index is -0.553. The van der Waals surface area contributed by atoms with Crippen molar-refractivity contribution >= 4 is 8.80 Å². The van der Waals surface area contributed by atoms with E-state index in [1.807, 2.05) is 0 Å². The van der Waals surface area contributed by atoms with E-state index in [0.717, 1.165) is 6.42 Å². The normalized spacial score (nSPS) is 13.8. The van der Waals surface area contributed by atoms with E-state index in [1.165, 1.54) is 23.2 Å². The first-order valence-corrected chi connectivity index (χ1v) is 9.13. The van der Waals surface area contributed by atoms with Gasteiger partial charge < -0.3 is 0 Å². The molecule has 0 aromatic heterocycles. The predicted octanol–water partition coefficient (Wildman–Crippen LogP) is 4.47. The summed E-state index contributed by atoms with van der Waals surface area (Å²) in [6, 6.07) is 24.3. The molecule has 0 nitrogen and oxygen atoms in total. The van der Waals surface area contributed by atoms with Gasteiger partial charge in [-0.15, -0.1) is 0 Å². The van der Waals surface area contributed by atoms with E-state index in [0.29, 0.717) is 0 Å². The zero-order chi connectivity index (χ0) is 13.6. The van der Waals surface area contributed by atoms with Crippen molar-refractivity contribution in [2.24, 2.45) is 0 Å². The Bertz CT molecular complexity index is 555. The van der Waals surface area contributed by atoms with E-state index in [-0.39, 0.29) is 0 Å². The average molecular weight is 275 g/mol. The second kappa shape index (κ2) is 6.53. The summed E-state index contributed by atoms with van der Waals surface area (Å²) >= 11 is 0. The third kappa shape index (κ3) is 3.37. The van der Waals surface area contributed by atoms with Gasteiger partial charge >= 0.3 is 0 Å². The van der Waals surface area contributed by atoms with Gasteiger partial charge in [0.15, 0.2) is 0 Å². The second-order valence-corrected chi connectivity index (χ2v) is 7.72. The largest absolute Gasteiger partial charge is 0.0942 e. The highest BCUT2D eigenvalue weighted by Gasteiger charge is 2.17. The first kappa shape index (κ1) is 13.1. The molecule has 0 aliphatic heterocycles. The summed E-state index contributed by atoms with van der Waals surface area (Å²) in [5.41, 5.74) is 2.94. The fraction of sp³-hybridized carbons (Fsp3) is 0.158. The molecule has 2 aromatic carbocycles. The van der Waals surface area contributed by atoms with Crippen molar-refractivity contribution in [1.29, 1.82) is 0 Å². The molecule has 0 unspecified atom stereocenters. The van der Waals surface area contributed by atoms with E-state index < -0.39 is 8.80 Å². The maximum atomic E-state index is 2.42. The van der Waals surface area contributed by atoms with Crippen LogP contribution in [0.1, 0.15) is 17.5 Å². The number of hydrogen-bond donors (Lipinski definition) is 0. The minimum Gasteiger partial charge on any atom is -0.0817 e. The van der Waals surface area contributed by atoms with Crippen molar-refractivity contribution in [1.82, 2.24) is 0 Å². The molecule has 0 N–H and O–H groups in total. The van der Waals surface area contributed by atoms with Crippen molar-refractivity contribution in [3.63, 3.8) is 0 Å². The number of hydrogen-bond acceptors (Lipinski definition) is 0. The van der Waals surface area contributed by atoms with Crippen LogP contribution in [0.25, 0.3) is 0 Å². The summed E-state index contributed by atoms with van der Waals surface area (Å²) in [4.78, 5) is 0. The van der Waals surface area contributed by atoms with Crippen molar-refractivity contribution < 1.29 is 0 Å². The molecule has 1 radical (unpaired) electrons. The van der Waals surface area contributed by atoms with E-state index in [9.17, 15) is 0 Å². The van der Waals surface area contributed by atoms with Crippen LogP contribution in [0, 0.1) is 0 Å². The van der Waals surface area contributed by atoms with E-state index in [2.05, 4.69) is 78.9 Å². The van der Waals surface area contributed by atoms with Gasteiger partial charge in [-0.25, -0.2) is 0 Å². The van der Waals surface area contributed by atoms with Gasteiger partial charge in [-0.05, 0) is 18.5 Å². The quantitative estimate of drug-likeness (QED) is 0.706. The monoisotopic (exact) mass is 275 g/mol. The molecule has 0 bridgehead atoms. The highest BCUT2D eigenvalue weighted by molar-refractivity contribution is 6.66. The number of rotatable bonds is 5. The molecule has 1 aliphatic rings. The van der Waals surface area contributed by atoms with Crippen LogP contribution < -0.4 is 0 Å². The van der Waals surface area contributed by atoms with Gasteiger partial charge in [0.1, 0.15) is 0 Å². The Morgan fingerprint density at radius 2 is 1.30 bits per heavy atom. The first-order chi connectivity index (χ1) is 9.92. The molecule has 0 saturated heterocycles. The number of allylic oxidation sites excluding steroid dienone is 4. The summed E-state index contributed by atoms with van der Waals surface area (Å²) in [5, 5.41) is 1.60. The Hall–Kier alpha value is -1.86.